The molecule has 0 atom stereocenters. The maximum Gasteiger partial charge on any atom is 0.270 e. The molecule has 0 N–H and O–H groups in total. The van der Waals surface area contributed by atoms with Gasteiger partial charge in [-0.1, -0.05) is 6.58 Å². The number of nitrogens with zero attached hydrogens (tertiary/aromatic N) is 2. The van der Waals surface area contributed by atoms with Gasteiger partial charge in [0, 0.05) is 35.8 Å². The van der Waals surface area contributed by atoms with Gasteiger partial charge in [0.15, 0.2) is 0 Å². The molecule has 4 nitrogen and oxygen atoms in total. The van der Waals surface area contributed by atoms with Crippen molar-refractivity contribution in [3.05, 3.63) is 46.7 Å². The maximum atomic E-state index is 10.7. The van der Waals surface area contributed by atoms with E-state index in [0.717, 1.165) is 22.2 Å². The number of nitro benzene ring substituents is 1. The van der Waals surface area contributed by atoms with E-state index < -0.39 is 0 Å². The topological polar surface area (TPSA) is 48.1 Å². The molecule has 1 aromatic carbocycles. The van der Waals surface area contributed by atoms with Crippen LogP contribution in [0, 0.1) is 10.1 Å². The van der Waals surface area contributed by atoms with Crippen LogP contribution in [0.1, 0.15) is 12.6 Å². The minimum atomic E-state index is -0.382. The van der Waals surface area contributed by atoms with Crippen molar-refractivity contribution in [2.45, 2.75) is 6.92 Å². The Labute approximate surface area is 93.0 Å². The molecule has 1 heterocycles. The fourth-order valence-electron chi connectivity index (χ4n) is 1.86. The maximum absolute atomic E-state index is 10.7. The van der Waals surface area contributed by atoms with Gasteiger partial charge in [-0.3, -0.25) is 10.1 Å². The number of aromatic nitrogens is 1. The van der Waals surface area contributed by atoms with E-state index in [1.807, 2.05) is 24.6 Å². The largest absolute Gasteiger partial charge is 0.344 e. The summed E-state index contributed by atoms with van der Waals surface area (Å²) in [7, 11) is 1.93. The van der Waals surface area contributed by atoms with E-state index in [-0.39, 0.29) is 10.6 Å². The minimum absolute atomic E-state index is 0.117. The highest BCUT2D eigenvalue weighted by Gasteiger charge is 2.10. The lowest BCUT2D eigenvalue weighted by Gasteiger charge is -2.02. The fourth-order valence-corrected chi connectivity index (χ4v) is 1.86. The predicted octanol–water partition coefficient (Wildman–Crippen LogP) is 3.12. The molecule has 4 heteroatoms. The van der Waals surface area contributed by atoms with Crippen LogP contribution in [0.25, 0.3) is 16.5 Å². The number of benzene rings is 1. The van der Waals surface area contributed by atoms with Gasteiger partial charge >= 0.3 is 0 Å². The molecule has 2 aromatic rings. The van der Waals surface area contributed by atoms with Crippen molar-refractivity contribution in [2.75, 3.05) is 0 Å². The van der Waals surface area contributed by atoms with Crippen LogP contribution in [-0.4, -0.2) is 9.49 Å². The Morgan fingerprint density at radius 3 is 2.69 bits per heavy atom. The number of fused-ring (bicyclic) bond motifs is 1. The Hall–Kier alpha value is -2.10. The average Bonchev–Trinajstić information content (AvgIpc) is 2.55. The third-order valence-electron chi connectivity index (χ3n) is 2.67. The summed E-state index contributed by atoms with van der Waals surface area (Å²) < 4.78 is 1.99. The highest BCUT2D eigenvalue weighted by molar-refractivity contribution is 5.86. The second kappa shape index (κ2) is 3.48. The van der Waals surface area contributed by atoms with Gasteiger partial charge in [0.1, 0.15) is 0 Å². The van der Waals surface area contributed by atoms with Gasteiger partial charge in [-0.25, -0.2) is 0 Å². The van der Waals surface area contributed by atoms with Crippen molar-refractivity contribution in [1.82, 2.24) is 4.57 Å². The first-order valence-electron chi connectivity index (χ1n) is 4.90. The van der Waals surface area contributed by atoms with Gasteiger partial charge in [0.2, 0.25) is 0 Å². The van der Waals surface area contributed by atoms with E-state index >= 15 is 0 Å². The van der Waals surface area contributed by atoms with Crippen molar-refractivity contribution in [3.63, 3.8) is 0 Å². The molecular weight excluding hydrogens is 204 g/mol. The number of nitro groups is 1. The molecule has 0 saturated carbocycles. The number of rotatable bonds is 2. The summed E-state index contributed by atoms with van der Waals surface area (Å²) in [5.41, 5.74) is 3.03. The number of allylic oxidation sites excluding steroid dienone is 1. The highest BCUT2D eigenvalue weighted by Crippen LogP contribution is 2.26. The SMILES string of the molecule is C=C(C)c1cc2cc([N+](=O)[O-])ccc2n1C. The second-order valence-electron chi connectivity index (χ2n) is 3.87. The first kappa shape index (κ1) is 10.4. The lowest BCUT2D eigenvalue weighted by atomic mass is 10.2. The van der Waals surface area contributed by atoms with Gasteiger partial charge in [0.25, 0.3) is 5.69 Å². The zero-order chi connectivity index (χ0) is 11.9. The molecule has 1 aromatic heterocycles. The van der Waals surface area contributed by atoms with Gasteiger partial charge in [-0.15, -0.1) is 0 Å². The van der Waals surface area contributed by atoms with Crippen molar-refractivity contribution in [1.29, 1.82) is 0 Å². The van der Waals surface area contributed by atoms with Gasteiger partial charge in [-0.05, 0) is 24.6 Å². The molecule has 0 saturated heterocycles. The average molecular weight is 216 g/mol. The summed E-state index contributed by atoms with van der Waals surface area (Å²) in [6.45, 7) is 5.80. The molecular formula is C12H12N2O2. The van der Waals surface area contributed by atoms with Gasteiger partial charge in [0.05, 0.1) is 4.92 Å². The van der Waals surface area contributed by atoms with Crippen LogP contribution in [-0.2, 0) is 7.05 Å². The van der Waals surface area contributed by atoms with E-state index in [1.165, 1.54) is 6.07 Å². The molecule has 0 bridgehead atoms. The summed E-state index contributed by atoms with van der Waals surface area (Å²) in [5, 5.41) is 11.5. The summed E-state index contributed by atoms with van der Waals surface area (Å²) in [4.78, 5) is 10.3. The Kier molecular flexibility index (Phi) is 2.27. The first-order chi connectivity index (χ1) is 7.50. The molecule has 82 valence electrons. The summed E-state index contributed by atoms with van der Waals surface area (Å²) in [5.74, 6) is 0. The predicted molar refractivity (Wildman–Crippen MR) is 64.3 cm³/mol. The molecule has 0 aliphatic carbocycles. The fraction of sp³-hybridized carbons (Fsp3) is 0.167. The summed E-state index contributed by atoms with van der Waals surface area (Å²) in [6.07, 6.45) is 0. The van der Waals surface area contributed by atoms with Crippen LogP contribution in [0.15, 0.2) is 30.8 Å². The standard InChI is InChI=1S/C12H12N2O2/c1-8(2)12-7-9-6-10(14(15)16)4-5-11(9)13(12)3/h4-7H,1H2,2-3H3. The monoisotopic (exact) mass is 216 g/mol. The summed E-state index contributed by atoms with van der Waals surface area (Å²) in [6, 6.07) is 6.79. The summed E-state index contributed by atoms with van der Waals surface area (Å²) >= 11 is 0. The van der Waals surface area contributed by atoms with Crippen LogP contribution in [0.4, 0.5) is 5.69 Å². The van der Waals surface area contributed by atoms with E-state index in [2.05, 4.69) is 6.58 Å². The van der Waals surface area contributed by atoms with Crippen LogP contribution in [0.2, 0.25) is 0 Å². The van der Waals surface area contributed by atoms with Crippen LogP contribution >= 0.6 is 0 Å². The zero-order valence-electron chi connectivity index (χ0n) is 9.23. The lowest BCUT2D eigenvalue weighted by molar-refractivity contribution is -0.384. The Bertz CT molecular complexity index is 596. The van der Waals surface area contributed by atoms with E-state index in [9.17, 15) is 10.1 Å². The zero-order valence-corrected chi connectivity index (χ0v) is 9.23. The number of aryl methyl sites for hydroxylation is 1. The quantitative estimate of drug-likeness (QED) is 0.572. The Morgan fingerprint density at radius 1 is 1.44 bits per heavy atom. The third kappa shape index (κ3) is 1.48. The lowest BCUT2D eigenvalue weighted by Crippen LogP contribution is -1.92. The number of non-ortho nitro benzene ring substituents is 1. The van der Waals surface area contributed by atoms with Crippen LogP contribution in [0.5, 0.6) is 0 Å². The second-order valence-corrected chi connectivity index (χ2v) is 3.87. The molecule has 0 aliphatic heterocycles. The molecule has 2 rings (SSSR count). The number of hydrogen-bond acceptors (Lipinski definition) is 2. The van der Waals surface area contributed by atoms with Crippen molar-refractivity contribution in [2.24, 2.45) is 7.05 Å². The third-order valence-corrected chi connectivity index (χ3v) is 2.67. The van der Waals surface area contributed by atoms with E-state index in [4.69, 9.17) is 0 Å². The van der Waals surface area contributed by atoms with Gasteiger partial charge in [-0.2, -0.15) is 0 Å². The Balaban J connectivity index is 2.72. The molecule has 0 unspecified atom stereocenters. The van der Waals surface area contributed by atoms with E-state index in [0.29, 0.717) is 0 Å². The normalized spacial score (nSPS) is 10.6. The smallest absolute Gasteiger partial charge is 0.270 e. The molecule has 0 fully saturated rings. The van der Waals surface area contributed by atoms with Gasteiger partial charge < -0.3 is 4.57 Å². The van der Waals surface area contributed by atoms with E-state index in [1.54, 1.807) is 12.1 Å². The van der Waals surface area contributed by atoms with Crippen LogP contribution < -0.4 is 0 Å². The Morgan fingerprint density at radius 2 is 2.12 bits per heavy atom. The molecule has 0 aliphatic rings. The minimum Gasteiger partial charge on any atom is -0.344 e. The van der Waals surface area contributed by atoms with Crippen LogP contribution in [0.3, 0.4) is 0 Å². The first-order valence-corrected chi connectivity index (χ1v) is 4.90. The van der Waals surface area contributed by atoms with Crippen molar-refractivity contribution >= 4 is 22.2 Å². The number of hydrogen-bond donors (Lipinski definition) is 0. The molecule has 0 amide bonds. The molecule has 16 heavy (non-hydrogen) atoms. The molecule has 0 radical (unpaired) electrons. The van der Waals surface area contributed by atoms with Crippen molar-refractivity contribution in [3.8, 4) is 0 Å². The van der Waals surface area contributed by atoms with Crippen molar-refractivity contribution < 1.29 is 4.92 Å². The molecule has 0 spiro atoms. The highest BCUT2D eigenvalue weighted by atomic mass is 16.6.